The molecule has 1 heterocycles. The van der Waals surface area contributed by atoms with Gasteiger partial charge in [0.15, 0.2) is 5.82 Å². The van der Waals surface area contributed by atoms with Gasteiger partial charge in [0.05, 0.1) is 5.75 Å². The van der Waals surface area contributed by atoms with E-state index in [9.17, 15) is 4.79 Å². The summed E-state index contributed by atoms with van der Waals surface area (Å²) in [5.74, 6) is 6.64. The van der Waals surface area contributed by atoms with Crippen LogP contribution in [0.4, 0.5) is 5.69 Å². The molecule has 0 saturated heterocycles. The molecule has 1 aromatic carbocycles. The second kappa shape index (κ2) is 6.95. The normalized spacial score (nSPS) is 10.6. The zero-order chi connectivity index (χ0) is 15.4. The van der Waals surface area contributed by atoms with Crippen molar-refractivity contribution in [3.63, 3.8) is 0 Å². The molecule has 0 spiro atoms. The number of nitrogen functional groups attached to an aromatic ring is 1. The highest BCUT2D eigenvalue weighted by Gasteiger charge is 2.11. The van der Waals surface area contributed by atoms with Gasteiger partial charge >= 0.3 is 0 Å². The first kappa shape index (κ1) is 15.8. The van der Waals surface area contributed by atoms with Crippen LogP contribution in [0, 0.1) is 6.92 Å². The summed E-state index contributed by atoms with van der Waals surface area (Å²) >= 11 is 4.69. The van der Waals surface area contributed by atoms with Gasteiger partial charge in [0, 0.05) is 16.6 Å². The van der Waals surface area contributed by atoms with E-state index in [-0.39, 0.29) is 11.7 Å². The number of halogens is 1. The summed E-state index contributed by atoms with van der Waals surface area (Å²) in [6, 6.07) is 5.66. The molecule has 0 radical (unpaired) electrons. The molecule has 6 nitrogen and oxygen atoms in total. The highest BCUT2D eigenvalue weighted by Crippen LogP contribution is 2.20. The van der Waals surface area contributed by atoms with Crippen molar-refractivity contribution < 1.29 is 4.79 Å². The van der Waals surface area contributed by atoms with E-state index in [1.807, 2.05) is 32.0 Å². The second-order valence-electron chi connectivity index (χ2n) is 4.42. The molecule has 0 aliphatic carbocycles. The fraction of sp³-hybridized carbons (Fsp3) is 0.308. The first-order chi connectivity index (χ1) is 10.0. The predicted octanol–water partition coefficient (Wildman–Crippen LogP) is 2.36. The zero-order valence-corrected chi connectivity index (χ0v) is 14.2. The topological polar surface area (TPSA) is 85.8 Å². The molecule has 0 saturated carbocycles. The number of aryl methyl sites for hydroxylation is 2. The summed E-state index contributed by atoms with van der Waals surface area (Å²) < 4.78 is 2.43. The molecule has 1 amide bonds. The number of rotatable bonds is 5. The number of aromatic nitrogens is 3. The van der Waals surface area contributed by atoms with Crippen molar-refractivity contribution >= 4 is 39.3 Å². The molecule has 112 valence electrons. The highest BCUT2D eigenvalue weighted by atomic mass is 79.9. The lowest BCUT2D eigenvalue weighted by molar-refractivity contribution is -0.113. The van der Waals surface area contributed by atoms with E-state index in [4.69, 9.17) is 5.84 Å². The maximum atomic E-state index is 11.9. The van der Waals surface area contributed by atoms with E-state index in [0.717, 1.165) is 15.7 Å². The minimum Gasteiger partial charge on any atom is -0.336 e. The number of nitrogens with two attached hydrogens (primary N) is 1. The Balaban J connectivity index is 1.92. The predicted molar refractivity (Wildman–Crippen MR) is 87.8 cm³/mol. The van der Waals surface area contributed by atoms with Crippen molar-refractivity contribution in [3.8, 4) is 0 Å². The molecule has 0 fully saturated rings. The van der Waals surface area contributed by atoms with Crippen molar-refractivity contribution in [3.05, 3.63) is 34.1 Å². The Morgan fingerprint density at radius 2 is 2.24 bits per heavy atom. The number of carbonyl (C=O) groups excluding carboxylic acids is 1. The van der Waals surface area contributed by atoms with E-state index in [1.54, 1.807) is 0 Å². The quantitative estimate of drug-likeness (QED) is 0.623. The summed E-state index contributed by atoms with van der Waals surface area (Å²) in [5, 5.41) is 11.3. The number of nitrogens with zero attached hydrogens (tertiary/aromatic N) is 3. The van der Waals surface area contributed by atoms with Crippen LogP contribution in [0.2, 0.25) is 0 Å². The SMILES string of the molecule is CCc1nnc(SCC(=O)Nc2ccc(Br)c(C)c2)n1N. The first-order valence-corrected chi connectivity index (χ1v) is 8.17. The second-order valence-corrected chi connectivity index (χ2v) is 6.22. The standard InChI is InChI=1S/C13H16BrN5OS/c1-3-11-17-18-13(19(11)15)21-7-12(20)16-9-4-5-10(14)8(2)6-9/h4-6H,3,7,15H2,1-2H3,(H,16,20). The molecule has 0 unspecified atom stereocenters. The molecule has 0 atom stereocenters. The number of thioether (sulfide) groups is 1. The zero-order valence-electron chi connectivity index (χ0n) is 11.8. The Labute approximate surface area is 135 Å². The van der Waals surface area contributed by atoms with Gasteiger partial charge < -0.3 is 11.2 Å². The maximum Gasteiger partial charge on any atom is 0.234 e. The Kier molecular flexibility index (Phi) is 5.24. The number of anilines is 1. The van der Waals surface area contributed by atoms with Crippen LogP contribution in [0.5, 0.6) is 0 Å². The van der Waals surface area contributed by atoms with Gasteiger partial charge in [0.2, 0.25) is 11.1 Å². The van der Waals surface area contributed by atoms with Crippen LogP contribution in [0.25, 0.3) is 0 Å². The summed E-state index contributed by atoms with van der Waals surface area (Å²) in [5.41, 5.74) is 1.83. The molecule has 21 heavy (non-hydrogen) atoms. The van der Waals surface area contributed by atoms with E-state index < -0.39 is 0 Å². The third kappa shape index (κ3) is 3.98. The molecule has 1 aromatic heterocycles. The lowest BCUT2D eigenvalue weighted by Crippen LogP contribution is -2.17. The number of carbonyl (C=O) groups is 1. The van der Waals surface area contributed by atoms with Gasteiger partial charge in [-0.15, -0.1) is 10.2 Å². The van der Waals surface area contributed by atoms with Crippen molar-refractivity contribution in [1.29, 1.82) is 0 Å². The molecular formula is C13H16BrN5OS. The van der Waals surface area contributed by atoms with Crippen LogP contribution in [-0.4, -0.2) is 26.5 Å². The summed E-state index contributed by atoms with van der Waals surface area (Å²) in [6.07, 6.45) is 0.703. The Morgan fingerprint density at radius 3 is 2.86 bits per heavy atom. The Hall–Kier alpha value is -1.54. The van der Waals surface area contributed by atoms with E-state index in [2.05, 4.69) is 31.4 Å². The van der Waals surface area contributed by atoms with Gasteiger partial charge in [-0.25, -0.2) is 4.68 Å². The molecule has 0 bridgehead atoms. The van der Waals surface area contributed by atoms with Gasteiger partial charge in [-0.1, -0.05) is 34.6 Å². The van der Waals surface area contributed by atoms with Crippen LogP contribution in [0.3, 0.4) is 0 Å². The lowest BCUT2D eigenvalue weighted by atomic mass is 10.2. The summed E-state index contributed by atoms with van der Waals surface area (Å²) in [4.78, 5) is 11.9. The molecule has 2 rings (SSSR count). The summed E-state index contributed by atoms with van der Waals surface area (Å²) in [6.45, 7) is 3.92. The third-order valence-corrected chi connectivity index (χ3v) is 4.66. The first-order valence-electron chi connectivity index (χ1n) is 6.39. The number of hydrogen-bond donors (Lipinski definition) is 2. The van der Waals surface area contributed by atoms with Crippen LogP contribution in [-0.2, 0) is 11.2 Å². The Bertz CT molecular complexity index is 658. The maximum absolute atomic E-state index is 11.9. The van der Waals surface area contributed by atoms with Gasteiger partial charge in [-0.2, -0.15) is 0 Å². The Morgan fingerprint density at radius 1 is 1.48 bits per heavy atom. The molecule has 0 aliphatic heterocycles. The van der Waals surface area contributed by atoms with Gasteiger partial charge in [0.25, 0.3) is 0 Å². The summed E-state index contributed by atoms with van der Waals surface area (Å²) in [7, 11) is 0. The number of hydrogen-bond acceptors (Lipinski definition) is 5. The molecule has 0 aliphatic rings. The smallest absolute Gasteiger partial charge is 0.234 e. The average Bonchev–Trinajstić information content (AvgIpc) is 2.81. The van der Waals surface area contributed by atoms with Crippen LogP contribution in [0.15, 0.2) is 27.8 Å². The fourth-order valence-corrected chi connectivity index (χ4v) is 2.62. The van der Waals surface area contributed by atoms with E-state index in [0.29, 0.717) is 17.4 Å². The van der Waals surface area contributed by atoms with Crippen molar-refractivity contribution in [2.45, 2.75) is 25.4 Å². The van der Waals surface area contributed by atoms with E-state index >= 15 is 0 Å². The van der Waals surface area contributed by atoms with Crippen LogP contribution >= 0.6 is 27.7 Å². The fourth-order valence-electron chi connectivity index (χ4n) is 1.70. The van der Waals surface area contributed by atoms with Crippen LogP contribution < -0.4 is 11.2 Å². The largest absolute Gasteiger partial charge is 0.336 e. The van der Waals surface area contributed by atoms with Gasteiger partial charge in [-0.05, 0) is 30.7 Å². The number of amides is 1. The number of benzene rings is 1. The minimum atomic E-state index is -0.109. The van der Waals surface area contributed by atoms with Crippen LogP contribution in [0.1, 0.15) is 18.3 Å². The van der Waals surface area contributed by atoms with Gasteiger partial charge in [0.1, 0.15) is 0 Å². The molecular weight excluding hydrogens is 354 g/mol. The van der Waals surface area contributed by atoms with Crippen molar-refractivity contribution in [1.82, 2.24) is 14.9 Å². The average molecular weight is 370 g/mol. The minimum absolute atomic E-state index is 0.109. The lowest BCUT2D eigenvalue weighted by Gasteiger charge is -2.07. The monoisotopic (exact) mass is 369 g/mol. The molecule has 8 heteroatoms. The van der Waals surface area contributed by atoms with E-state index in [1.165, 1.54) is 16.4 Å². The highest BCUT2D eigenvalue weighted by molar-refractivity contribution is 9.10. The van der Waals surface area contributed by atoms with Crippen molar-refractivity contribution in [2.24, 2.45) is 0 Å². The molecule has 3 N–H and O–H groups in total. The number of nitrogens with one attached hydrogen (secondary N) is 1. The molecule has 2 aromatic rings. The third-order valence-electron chi connectivity index (χ3n) is 2.83. The van der Waals surface area contributed by atoms with Gasteiger partial charge in [-0.3, -0.25) is 4.79 Å². The van der Waals surface area contributed by atoms with Crippen molar-refractivity contribution in [2.75, 3.05) is 16.9 Å².